The van der Waals surface area contributed by atoms with E-state index in [0.717, 1.165) is 19.5 Å². The van der Waals surface area contributed by atoms with Gasteiger partial charge in [0.05, 0.1) is 0 Å². The third-order valence-electron chi connectivity index (χ3n) is 3.15. The van der Waals surface area contributed by atoms with Crippen LogP contribution in [0.25, 0.3) is 0 Å². The van der Waals surface area contributed by atoms with Crippen LogP contribution in [0.2, 0.25) is 0 Å². The molecule has 0 spiro atoms. The molecule has 0 bridgehead atoms. The number of rotatable bonds is 5. The highest BCUT2D eigenvalue weighted by Crippen LogP contribution is 2.52. The Morgan fingerprint density at radius 1 is 1.29 bits per heavy atom. The molecule has 1 aliphatic heterocycles. The predicted molar refractivity (Wildman–Crippen MR) is 61.1 cm³/mol. The molecule has 0 aromatic carbocycles. The Bertz CT molecular complexity index is 184. The van der Waals surface area contributed by atoms with Gasteiger partial charge >= 0.3 is 0 Å². The van der Waals surface area contributed by atoms with Crippen LogP contribution in [0.5, 0.6) is 0 Å². The Balaban J connectivity index is 1.48. The van der Waals surface area contributed by atoms with Gasteiger partial charge in [-0.2, -0.15) is 0 Å². The second-order valence-corrected chi connectivity index (χ2v) is 5.96. The van der Waals surface area contributed by atoms with Crippen LogP contribution in [0.4, 0.5) is 0 Å². The Morgan fingerprint density at radius 3 is 2.50 bits per heavy atom. The van der Waals surface area contributed by atoms with Crippen molar-refractivity contribution in [3.63, 3.8) is 0 Å². The van der Waals surface area contributed by atoms with Crippen molar-refractivity contribution in [1.82, 2.24) is 10.2 Å². The molecule has 1 heterocycles. The monoisotopic (exact) mass is 236 g/mol. The first kappa shape index (κ1) is 11.0. The fourth-order valence-corrected chi connectivity index (χ4v) is 2.54. The number of nitrogens with zero attached hydrogens (tertiary/aromatic N) is 1. The van der Waals surface area contributed by atoms with E-state index in [1.165, 1.54) is 32.5 Å². The van der Waals surface area contributed by atoms with E-state index in [1.54, 1.807) is 0 Å². The van der Waals surface area contributed by atoms with Crippen molar-refractivity contribution < 1.29 is 0 Å². The van der Waals surface area contributed by atoms with Gasteiger partial charge in [-0.05, 0) is 32.4 Å². The molecule has 4 heteroatoms. The first-order chi connectivity index (χ1) is 6.68. The number of halogens is 2. The Kier molecular flexibility index (Phi) is 3.59. The van der Waals surface area contributed by atoms with E-state index in [9.17, 15) is 0 Å². The normalized spacial score (nSPS) is 30.9. The average molecular weight is 237 g/mol. The summed E-state index contributed by atoms with van der Waals surface area (Å²) < 4.78 is -0.416. The zero-order valence-corrected chi connectivity index (χ0v) is 9.95. The summed E-state index contributed by atoms with van der Waals surface area (Å²) in [4.78, 5) is 2.51. The number of hydrogen-bond acceptors (Lipinski definition) is 2. The van der Waals surface area contributed by atoms with E-state index >= 15 is 0 Å². The standard InChI is InChI=1S/C10H18Cl2N2/c11-10(12)7-9(10)8-13-3-6-14-4-1-2-5-14/h9,13H,1-8H2. The van der Waals surface area contributed by atoms with Crippen molar-refractivity contribution in [2.24, 2.45) is 5.92 Å². The van der Waals surface area contributed by atoms with Crippen LogP contribution in [-0.2, 0) is 0 Å². The molecule has 0 radical (unpaired) electrons. The van der Waals surface area contributed by atoms with Crippen molar-refractivity contribution in [3.05, 3.63) is 0 Å². The molecule has 1 aliphatic carbocycles. The van der Waals surface area contributed by atoms with Gasteiger partial charge in [0.25, 0.3) is 0 Å². The number of hydrogen-bond donors (Lipinski definition) is 1. The van der Waals surface area contributed by atoms with Gasteiger partial charge in [-0.25, -0.2) is 0 Å². The van der Waals surface area contributed by atoms with Crippen LogP contribution >= 0.6 is 23.2 Å². The third-order valence-corrected chi connectivity index (χ3v) is 4.08. The molecule has 1 saturated carbocycles. The maximum absolute atomic E-state index is 5.93. The summed E-state index contributed by atoms with van der Waals surface area (Å²) in [5, 5.41) is 3.42. The van der Waals surface area contributed by atoms with Crippen molar-refractivity contribution in [2.45, 2.75) is 23.6 Å². The lowest BCUT2D eigenvalue weighted by molar-refractivity contribution is 0.335. The second-order valence-electron chi connectivity index (χ2n) is 4.41. The van der Waals surface area contributed by atoms with Gasteiger partial charge in [-0.3, -0.25) is 0 Å². The van der Waals surface area contributed by atoms with Crippen molar-refractivity contribution >= 4 is 23.2 Å². The molecule has 1 unspecified atom stereocenters. The molecule has 2 rings (SSSR count). The van der Waals surface area contributed by atoms with Gasteiger partial charge in [0.2, 0.25) is 0 Å². The van der Waals surface area contributed by atoms with Gasteiger partial charge < -0.3 is 10.2 Å². The molecule has 0 amide bonds. The van der Waals surface area contributed by atoms with Crippen molar-refractivity contribution in [2.75, 3.05) is 32.7 Å². The highest BCUT2D eigenvalue weighted by Gasteiger charge is 2.50. The summed E-state index contributed by atoms with van der Waals surface area (Å²) in [6.45, 7) is 5.77. The van der Waals surface area contributed by atoms with Crippen LogP contribution in [-0.4, -0.2) is 42.0 Å². The van der Waals surface area contributed by atoms with Gasteiger partial charge in [0.1, 0.15) is 4.33 Å². The highest BCUT2D eigenvalue weighted by molar-refractivity contribution is 6.50. The van der Waals surface area contributed by atoms with Crippen LogP contribution in [0.3, 0.4) is 0 Å². The van der Waals surface area contributed by atoms with Crippen LogP contribution in [0.15, 0.2) is 0 Å². The van der Waals surface area contributed by atoms with Gasteiger partial charge in [0.15, 0.2) is 0 Å². The number of likely N-dealkylation sites (tertiary alicyclic amines) is 1. The quantitative estimate of drug-likeness (QED) is 0.580. The Hall–Kier alpha value is 0.500. The van der Waals surface area contributed by atoms with Crippen LogP contribution < -0.4 is 5.32 Å². The van der Waals surface area contributed by atoms with Crippen molar-refractivity contribution in [3.8, 4) is 0 Å². The molecule has 1 saturated heterocycles. The summed E-state index contributed by atoms with van der Waals surface area (Å²) in [5.41, 5.74) is 0. The minimum absolute atomic E-state index is 0.416. The maximum Gasteiger partial charge on any atom is 0.122 e. The summed E-state index contributed by atoms with van der Waals surface area (Å²) >= 11 is 11.9. The zero-order chi connectivity index (χ0) is 10.0. The second kappa shape index (κ2) is 4.56. The van der Waals surface area contributed by atoms with E-state index in [-0.39, 0.29) is 0 Å². The van der Waals surface area contributed by atoms with Crippen molar-refractivity contribution in [1.29, 1.82) is 0 Å². The Labute approximate surface area is 95.9 Å². The van der Waals surface area contributed by atoms with Gasteiger partial charge in [0, 0.05) is 25.6 Å². The Morgan fingerprint density at radius 2 is 1.93 bits per heavy atom. The summed E-state index contributed by atoms with van der Waals surface area (Å²) in [7, 11) is 0. The van der Waals surface area contributed by atoms with Gasteiger partial charge in [-0.15, -0.1) is 23.2 Å². The molecule has 2 nitrogen and oxygen atoms in total. The number of nitrogens with one attached hydrogen (secondary N) is 1. The first-order valence-electron chi connectivity index (χ1n) is 5.49. The lowest BCUT2D eigenvalue weighted by atomic mass is 10.4. The molecule has 1 N–H and O–H groups in total. The van der Waals surface area contributed by atoms with Crippen LogP contribution in [0.1, 0.15) is 19.3 Å². The molecular weight excluding hydrogens is 219 g/mol. The smallest absolute Gasteiger partial charge is 0.122 e. The summed E-state index contributed by atoms with van der Waals surface area (Å²) in [6, 6.07) is 0. The molecule has 14 heavy (non-hydrogen) atoms. The molecule has 0 aromatic rings. The fraction of sp³-hybridized carbons (Fsp3) is 1.00. The van der Waals surface area contributed by atoms with Gasteiger partial charge in [-0.1, -0.05) is 0 Å². The summed E-state index contributed by atoms with van der Waals surface area (Å²) in [5.74, 6) is 0.476. The van der Waals surface area contributed by atoms with E-state index in [1.807, 2.05) is 0 Å². The fourth-order valence-electron chi connectivity index (χ4n) is 2.01. The SMILES string of the molecule is ClC1(Cl)CC1CNCCN1CCCC1. The van der Waals surface area contributed by atoms with E-state index in [4.69, 9.17) is 23.2 Å². The zero-order valence-electron chi connectivity index (χ0n) is 8.44. The molecule has 1 atom stereocenters. The molecular formula is C10H18Cl2N2. The van der Waals surface area contributed by atoms with Crippen LogP contribution in [0, 0.1) is 5.92 Å². The van der Waals surface area contributed by atoms with E-state index in [0.29, 0.717) is 5.92 Å². The molecule has 82 valence electrons. The predicted octanol–water partition coefficient (Wildman–Crippen LogP) is 1.87. The minimum atomic E-state index is -0.416. The minimum Gasteiger partial charge on any atom is -0.315 e. The van der Waals surface area contributed by atoms with E-state index < -0.39 is 4.33 Å². The molecule has 0 aromatic heterocycles. The molecule has 2 fully saturated rings. The lowest BCUT2D eigenvalue weighted by Gasteiger charge is -2.14. The highest BCUT2D eigenvalue weighted by atomic mass is 35.5. The topological polar surface area (TPSA) is 15.3 Å². The number of alkyl halides is 2. The largest absolute Gasteiger partial charge is 0.315 e. The van der Waals surface area contributed by atoms with E-state index in [2.05, 4.69) is 10.2 Å². The first-order valence-corrected chi connectivity index (χ1v) is 6.25. The summed E-state index contributed by atoms with van der Waals surface area (Å²) in [6.07, 6.45) is 3.69. The maximum atomic E-state index is 5.93. The molecule has 2 aliphatic rings. The lowest BCUT2D eigenvalue weighted by Crippen LogP contribution is -2.31. The third kappa shape index (κ3) is 2.99. The average Bonchev–Trinajstić information content (AvgIpc) is 2.60.